The van der Waals surface area contributed by atoms with E-state index in [1.807, 2.05) is 6.92 Å². The number of benzene rings is 1. The van der Waals surface area contributed by atoms with Crippen molar-refractivity contribution in [3.63, 3.8) is 0 Å². The van der Waals surface area contributed by atoms with Gasteiger partial charge in [0.2, 0.25) is 0 Å². The monoisotopic (exact) mass is 385 g/mol. The number of ether oxygens (including phenoxy) is 1. The molecule has 1 aliphatic heterocycles. The van der Waals surface area contributed by atoms with Gasteiger partial charge in [0.15, 0.2) is 0 Å². The molecule has 1 aromatic carbocycles. The Balaban J connectivity index is 1.90. The van der Waals surface area contributed by atoms with E-state index >= 15 is 0 Å². The number of rotatable bonds is 4. The summed E-state index contributed by atoms with van der Waals surface area (Å²) in [6, 6.07) is 6.38. The zero-order valence-corrected chi connectivity index (χ0v) is 16.5. The first-order valence-electron chi connectivity index (χ1n) is 8.60. The molecule has 2 rings (SSSR count). The normalized spacial score (nSPS) is 21.5. The summed E-state index contributed by atoms with van der Waals surface area (Å²) in [5, 5.41) is 10.3. The van der Waals surface area contributed by atoms with Crippen LogP contribution in [0.15, 0.2) is 29.2 Å². The van der Waals surface area contributed by atoms with Gasteiger partial charge in [-0.15, -0.1) is 0 Å². The molecule has 0 saturated carbocycles. The van der Waals surface area contributed by atoms with Gasteiger partial charge in [-0.1, -0.05) is 17.7 Å². The second-order valence-electron chi connectivity index (χ2n) is 7.59. The van der Waals surface area contributed by atoms with Crippen LogP contribution in [0.4, 0.5) is 4.79 Å². The summed E-state index contributed by atoms with van der Waals surface area (Å²) in [5.74, 6) is -0.367. The number of nitrogens with zero attached hydrogens (tertiary/aromatic N) is 1. The van der Waals surface area contributed by atoms with Crippen molar-refractivity contribution >= 4 is 16.2 Å². The first kappa shape index (κ1) is 20.7. The van der Waals surface area contributed by atoms with Crippen molar-refractivity contribution in [2.75, 3.05) is 19.7 Å². The molecule has 7 nitrogen and oxygen atoms in total. The van der Waals surface area contributed by atoms with Gasteiger partial charge in [0.1, 0.15) is 5.60 Å². The molecule has 0 spiro atoms. The van der Waals surface area contributed by atoms with Crippen molar-refractivity contribution in [1.82, 2.24) is 4.90 Å². The van der Waals surface area contributed by atoms with E-state index in [4.69, 9.17) is 8.92 Å². The number of β-amino-alcohol motifs (C(OH)–C–C–N with tert-alkyl or cyclic N) is 1. The molecule has 26 heavy (non-hydrogen) atoms. The number of carbonyl (C=O) groups excluding carboxylic acids is 1. The predicted molar refractivity (Wildman–Crippen MR) is 96.2 cm³/mol. The number of carbonyl (C=O) groups is 1. The Morgan fingerprint density at radius 2 is 1.88 bits per heavy atom. The van der Waals surface area contributed by atoms with E-state index in [2.05, 4.69) is 0 Å². The van der Waals surface area contributed by atoms with Crippen LogP contribution in [0.2, 0.25) is 0 Å². The van der Waals surface area contributed by atoms with E-state index in [1.54, 1.807) is 32.9 Å². The van der Waals surface area contributed by atoms with Crippen LogP contribution in [0, 0.1) is 12.8 Å². The number of piperidine rings is 1. The Kier molecular flexibility index (Phi) is 6.31. The molecule has 1 N–H and O–H groups in total. The quantitative estimate of drug-likeness (QED) is 0.800. The van der Waals surface area contributed by atoms with Crippen molar-refractivity contribution in [3.05, 3.63) is 29.8 Å². The van der Waals surface area contributed by atoms with Crippen LogP contribution < -0.4 is 0 Å². The number of likely N-dealkylation sites (tertiary alicyclic amines) is 1. The van der Waals surface area contributed by atoms with Gasteiger partial charge in [-0.3, -0.25) is 4.18 Å². The molecule has 0 radical (unpaired) electrons. The summed E-state index contributed by atoms with van der Waals surface area (Å²) >= 11 is 0. The number of aliphatic hydroxyl groups is 1. The van der Waals surface area contributed by atoms with Gasteiger partial charge >= 0.3 is 6.09 Å². The molecule has 2 atom stereocenters. The molecular formula is C18H27NO6S. The van der Waals surface area contributed by atoms with E-state index in [0.717, 1.165) is 5.56 Å². The molecule has 8 heteroatoms. The van der Waals surface area contributed by atoms with Crippen LogP contribution >= 0.6 is 0 Å². The Labute approximate surface area is 155 Å². The highest BCUT2D eigenvalue weighted by atomic mass is 32.2. The summed E-state index contributed by atoms with van der Waals surface area (Å²) < 4.78 is 34.9. The third-order valence-electron chi connectivity index (χ3n) is 4.12. The number of aliphatic hydroxyl groups excluding tert-OH is 1. The second kappa shape index (κ2) is 7.94. The van der Waals surface area contributed by atoms with Crippen molar-refractivity contribution in [3.8, 4) is 0 Å². The lowest BCUT2D eigenvalue weighted by Crippen LogP contribution is -2.49. The van der Waals surface area contributed by atoms with E-state index in [0.29, 0.717) is 13.0 Å². The predicted octanol–water partition coefficient (Wildman–Crippen LogP) is 2.32. The van der Waals surface area contributed by atoms with Crippen LogP contribution in [-0.4, -0.2) is 55.9 Å². The first-order chi connectivity index (χ1) is 12.0. The molecule has 1 aromatic rings. The maximum atomic E-state index is 12.2. The zero-order chi connectivity index (χ0) is 19.5. The molecule has 0 unspecified atom stereocenters. The highest BCUT2D eigenvalue weighted by Gasteiger charge is 2.33. The Bertz CT molecular complexity index is 723. The summed E-state index contributed by atoms with van der Waals surface area (Å²) in [7, 11) is -3.87. The first-order valence-corrected chi connectivity index (χ1v) is 10.0. The third-order valence-corrected chi connectivity index (χ3v) is 5.42. The molecular weight excluding hydrogens is 358 g/mol. The zero-order valence-electron chi connectivity index (χ0n) is 15.6. The minimum absolute atomic E-state index is 0.0868. The lowest BCUT2D eigenvalue weighted by atomic mass is 9.95. The lowest BCUT2D eigenvalue weighted by molar-refractivity contribution is -0.0206. The molecule has 1 aliphatic rings. The molecule has 0 aliphatic carbocycles. The summed E-state index contributed by atoms with van der Waals surface area (Å²) in [5.41, 5.74) is 0.346. The van der Waals surface area contributed by atoms with Crippen molar-refractivity contribution in [1.29, 1.82) is 0 Å². The van der Waals surface area contributed by atoms with Crippen LogP contribution in [0.1, 0.15) is 32.8 Å². The smallest absolute Gasteiger partial charge is 0.410 e. The van der Waals surface area contributed by atoms with Gasteiger partial charge in [-0.2, -0.15) is 8.42 Å². The SMILES string of the molecule is Cc1ccc(S(=O)(=O)OC[C@H]2CCN(C(=O)OC(C)(C)C)C[C@@H]2O)cc1. The highest BCUT2D eigenvalue weighted by Crippen LogP contribution is 2.22. The summed E-state index contributed by atoms with van der Waals surface area (Å²) in [6.45, 7) is 7.54. The summed E-state index contributed by atoms with van der Waals surface area (Å²) in [6.07, 6.45) is -0.920. The van der Waals surface area contributed by atoms with Crippen molar-refractivity contribution in [2.45, 2.75) is 50.7 Å². The molecule has 0 bridgehead atoms. The Morgan fingerprint density at radius 3 is 2.42 bits per heavy atom. The number of hydrogen-bond donors (Lipinski definition) is 1. The molecule has 1 heterocycles. The number of amides is 1. The van der Waals surface area contributed by atoms with E-state index < -0.39 is 27.9 Å². The van der Waals surface area contributed by atoms with E-state index in [1.165, 1.54) is 17.0 Å². The molecule has 1 fully saturated rings. The topological polar surface area (TPSA) is 93.1 Å². The third kappa shape index (κ3) is 5.69. The molecule has 0 aromatic heterocycles. The maximum Gasteiger partial charge on any atom is 0.410 e. The summed E-state index contributed by atoms with van der Waals surface area (Å²) in [4.78, 5) is 13.6. The molecule has 1 amide bonds. The largest absolute Gasteiger partial charge is 0.444 e. The number of hydrogen-bond acceptors (Lipinski definition) is 6. The lowest BCUT2D eigenvalue weighted by Gasteiger charge is -2.36. The van der Waals surface area contributed by atoms with Gasteiger partial charge in [0, 0.05) is 12.5 Å². The van der Waals surface area contributed by atoms with Crippen molar-refractivity contribution < 1.29 is 27.2 Å². The van der Waals surface area contributed by atoms with Crippen LogP contribution in [0.25, 0.3) is 0 Å². The van der Waals surface area contributed by atoms with Gasteiger partial charge in [-0.25, -0.2) is 4.79 Å². The Morgan fingerprint density at radius 1 is 1.27 bits per heavy atom. The van der Waals surface area contributed by atoms with Crippen LogP contribution in [0.3, 0.4) is 0 Å². The highest BCUT2D eigenvalue weighted by molar-refractivity contribution is 7.86. The van der Waals surface area contributed by atoms with Gasteiger partial charge in [0.05, 0.1) is 24.2 Å². The fraction of sp³-hybridized carbons (Fsp3) is 0.611. The van der Waals surface area contributed by atoms with Gasteiger partial charge in [-0.05, 0) is 46.2 Å². The molecule has 146 valence electrons. The second-order valence-corrected chi connectivity index (χ2v) is 9.21. The van der Waals surface area contributed by atoms with Crippen LogP contribution in [-0.2, 0) is 19.0 Å². The van der Waals surface area contributed by atoms with E-state index in [-0.39, 0.29) is 24.0 Å². The average molecular weight is 385 g/mol. The van der Waals surface area contributed by atoms with Gasteiger partial charge in [0.25, 0.3) is 10.1 Å². The fourth-order valence-corrected chi connectivity index (χ4v) is 3.58. The van der Waals surface area contributed by atoms with E-state index in [9.17, 15) is 18.3 Å². The standard InChI is InChI=1S/C18H27NO6S/c1-13-5-7-15(8-6-13)26(22,23)24-12-14-9-10-19(11-16(14)20)17(21)25-18(2,3)4/h5-8,14,16,20H,9-12H2,1-4H3/t14-,16+/m1/s1. The number of aryl methyl sites for hydroxylation is 1. The fourth-order valence-electron chi connectivity index (χ4n) is 2.62. The van der Waals surface area contributed by atoms with Crippen LogP contribution in [0.5, 0.6) is 0 Å². The molecule has 1 saturated heterocycles. The van der Waals surface area contributed by atoms with Gasteiger partial charge < -0.3 is 14.7 Å². The minimum atomic E-state index is -3.87. The Hall–Kier alpha value is -1.64. The average Bonchev–Trinajstić information content (AvgIpc) is 2.52. The minimum Gasteiger partial charge on any atom is -0.444 e. The van der Waals surface area contributed by atoms with Crippen molar-refractivity contribution in [2.24, 2.45) is 5.92 Å². The maximum absolute atomic E-state index is 12.2.